The zero-order valence-corrected chi connectivity index (χ0v) is 6.39. The van der Waals surface area contributed by atoms with Gasteiger partial charge in [0, 0.05) is 7.05 Å². The van der Waals surface area contributed by atoms with Crippen molar-refractivity contribution in [1.82, 2.24) is 30.4 Å². The molecule has 0 aliphatic carbocycles. The molecule has 0 aliphatic heterocycles. The van der Waals surface area contributed by atoms with E-state index in [2.05, 4.69) is 25.7 Å². The van der Waals surface area contributed by atoms with Crippen molar-refractivity contribution in [2.45, 2.75) is 0 Å². The zero-order chi connectivity index (χ0) is 8.55. The molecule has 0 fully saturated rings. The maximum atomic E-state index is 5.63. The summed E-state index contributed by atoms with van der Waals surface area (Å²) < 4.78 is 1.60. The van der Waals surface area contributed by atoms with Crippen LogP contribution in [0.15, 0.2) is 6.20 Å². The van der Waals surface area contributed by atoms with Gasteiger partial charge >= 0.3 is 0 Å². The molecule has 12 heavy (non-hydrogen) atoms. The molecule has 2 heterocycles. The molecular weight excluding hydrogens is 158 g/mol. The highest BCUT2D eigenvalue weighted by atomic mass is 15.5. The number of H-pyrrole nitrogens is 1. The normalized spacial score (nSPS) is 10.4. The number of aryl methyl sites for hydroxylation is 1. The third kappa shape index (κ3) is 0.831. The molecule has 0 atom stereocenters. The van der Waals surface area contributed by atoms with Gasteiger partial charge in [-0.15, -0.1) is 10.2 Å². The van der Waals surface area contributed by atoms with Crippen molar-refractivity contribution in [2.24, 2.45) is 7.05 Å². The fraction of sp³-hybridized carbons (Fsp3) is 0.200. The smallest absolute Gasteiger partial charge is 0.224 e. The van der Waals surface area contributed by atoms with Crippen molar-refractivity contribution in [3.8, 4) is 11.5 Å². The summed E-state index contributed by atoms with van der Waals surface area (Å²) in [6, 6.07) is 0. The number of nitrogen functional groups attached to an aromatic ring is 1. The van der Waals surface area contributed by atoms with Crippen LogP contribution in [0.3, 0.4) is 0 Å². The van der Waals surface area contributed by atoms with Gasteiger partial charge in [0.15, 0.2) is 0 Å². The molecule has 62 valence electrons. The summed E-state index contributed by atoms with van der Waals surface area (Å²) in [5, 5.41) is 17.3. The highest BCUT2D eigenvalue weighted by Crippen LogP contribution is 2.19. The average Bonchev–Trinajstić information content (AvgIpc) is 2.61. The van der Waals surface area contributed by atoms with E-state index >= 15 is 0 Å². The largest absolute Gasteiger partial charge is 0.396 e. The molecule has 0 aliphatic rings. The second-order valence-electron chi connectivity index (χ2n) is 2.31. The minimum absolute atomic E-state index is 0.451. The van der Waals surface area contributed by atoms with Gasteiger partial charge in [0.1, 0.15) is 5.69 Å². The van der Waals surface area contributed by atoms with Crippen LogP contribution in [0, 0.1) is 0 Å². The first-order valence-electron chi connectivity index (χ1n) is 3.30. The van der Waals surface area contributed by atoms with Crippen molar-refractivity contribution in [2.75, 3.05) is 5.73 Å². The van der Waals surface area contributed by atoms with Gasteiger partial charge in [-0.1, -0.05) is 0 Å². The minimum Gasteiger partial charge on any atom is -0.396 e. The number of nitrogens with one attached hydrogen (secondary N) is 1. The predicted octanol–water partition coefficient (Wildman–Crippen LogP) is -0.818. The molecule has 7 heteroatoms. The number of hydrogen-bond donors (Lipinski definition) is 2. The molecule has 0 radical (unpaired) electrons. The van der Waals surface area contributed by atoms with Crippen LogP contribution in [-0.4, -0.2) is 30.4 Å². The second-order valence-corrected chi connectivity index (χ2v) is 2.31. The van der Waals surface area contributed by atoms with Crippen LogP contribution in [0.1, 0.15) is 0 Å². The van der Waals surface area contributed by atoms with E-state index in [1.165, 1.54) is 0 Å². The van der Waals surface area contributed by atoms with Gasteiger partial charge < -0.3 is 5.73 Å². The summed E-state index contributed by atoms with van der Waals surface area (Å²) >= 11 is 0. The van der Waals surface area contributed by atoms with Crippen LogP contribution in [0.25, 0.3) is 11.5 Å². The Kier molecular flexibility index (Phi) is 1.29. The first-order chi connectivity index (χ1) is 5.79. The maximum absolute atomic E-state index is 5.63. The van der Waals surface area contributed by atoms with E-state index in [0.717, 1.165) is 0 Å². The summed E-state index contributed by atoms with van der Waals surface area (Å²) in [7, 11) is 1.77. The number of anilines is 1. The molecule has 2 rings (SSSR count). The molecular formula is C5H7N7. The third-order valence-electron chi connectivity index (χ3n) is 1.52. The highest BCUT2D eigenvalue weighted by molar-refractivity contribution is 5.66. The van der Waals surface area contributed by atoms with Gasteiger partial charge in [0.2, 0.25) is 5.82 Å². The van der Waals surface area contributed by atoms with Gasteiger partial charge in [-0.05, 0) is 5.21 Å². The van der Waals surface area contributed by atoms with E-state index in [1.54, 1.807) is 17.9 Å². The van der Waals surface area contributed by atoms with Crippen molar-refractivity contribution in [3.05, 3.63) is 6.20 Å². The lowest BCUT2D eigenvalue weighted by molar-refractivity contribution is 0.770. The topological polar surface area (TPSA) is 98.3 Å². The Hall–Kier alpha value is -1.92. The van der Waals surface area contributed by atoms with Crippen LogP contribution in [-0.2, 0) is 7.05 Å². The Morgan fingerprint density at radius 1 is 1.58 bits per heavy atom. The third-order valence-corrected chi connectivity index (χ3v) is 1.52. The van der Waals surface area contributed by atoms with E-state index in [4.69, 9.17) is 5.73 Å². The number of nitrogens with two attached hydrogens (primary N) is 1. The molecule has 0 amide bonds. The van der Waals surface area contributed by atoms with Crippen molar-refractivity contribution < 1.29 is 0 Å². The molecule has 0 saturated carbocycles. The van der Waals surface area contributed by atoms with E-state index in [-0.39, 0.29) is 0 Å². The zero-order valence-electron chi connectivity index (χ0n) is 6.39. The number of hydrogen-bond acceptors (Lipinski definition) is 5. The van der Waals surface area contributed by atoms with E-state index in [9.17, 15) is 0 Å². The fourth-order valence-corrected chi connectivity index (χ4v) is 0.990. The molecule has 2 aromatic rings. The monoisotopic (exact) mass is 165 g/mol. The summed E-state index contributed by atoms with van der Waals surface area (Å²) in [5.74, 6) is 0.451. The molecule has 0 spiro atoms. The Balaban J connectivity index is 2.60. The first kappa shape index (κ1) is 6.77. The number of tetrazole rings is 1. The number of rotatable bonds is 1. The Labute approximate surface area is 67.6 Å². The Bertz CT molecular complexity index is 353. The van der Waals surface area contributed by atoms with Gasteiger partial charge in [0.25, 0.3) is 0 Å². The first-order valence-corrected chi connectivity index (χ1v) is 3.30. The van der Waals surface area contributed by atoms with Crippen LogP contribution in [0.2, 0.25) is 0 Å². The average molecular weight is 165 g/mol. The summed E-state index contributed by atoms with van der Waals surface area (Å²) in [4.78, 5) is 0. The summed E-state index contributed by atoms with van der Waals surface area (Å²) in [6.45, 7) is 0. The quantitative estimate of drug-likeness (QED) is 0.575. The lowest BCUT2D eigenvalue weighted by Crippen LogP contribution is -1.97. The SMILES string of the molecule is Cn1ncc(N)c1-c1nn[nH]n1. The minimum atomic E-state index is 0.451. The van der Waals surface area contributed by atoms with Crippen molar-refractivity contribution >= 4 is 5.69 Å². The van der Waals surface area contributed by atoms with Gasteiger partial charge in [-0.2, -0.15) is 10.3 Å². The van der Waals surface area contributed by atoms with Gasteiger partial charge in [-0.3, -0.25) is 4.68 Å². The summed E-state index contributed by atoms with van der Waals surface area (Å²) in [6.07, 6.45) is 1.55. The molecule has 3 N–H and O–H groups in total. The second kappa shape index (κ2) is 2.29. The molecule has 7 nitrogen and oxygen atoms in total. The molecule has 0 aromatic carbocycles. The molecule has 0 bridgehead atoms. The van der Waals surface area contributed by atoms with Crippen LogP contribution >= 0.6 is 0 Å². The number of nitrogens with zero attached hydrogens (tertiary/aromatic N) is 5. The molecule has 0 saturated heterocycles. The summed E-state index contributed by atoms with van der Waals surface area (Å²) in [5.41, 5.74) is 6.84. The maximum Gasteiger partial charge on any atom is 0.224 e. The van der Waals surface area contributed by atoms with Gasteiger partial charge in [0.05, 0.1) is 11.9 Å². The van der Waals surface area contributed by atoms with E-state index < -0.39 is 0 Å². The van der Waals surface area contributed by atoms with Crippen molar-refractivity contribution in [1.29, 1.82) is 0 Å². The van der Waals surface area contributed by atoms with Crippen LogP contribution in [0.5, 0.6) is 0 Å². The number of aromatic nitrogens is 6. The molecule has 2 aromatic heterocycles. The van der Waals surface area contributed by atoms with E-state index in [0.29, 0.717) is 17.2 Å². The number of aromatic amines is 1. The van der Waals surface area contributed by atoms with Crippen LogP contribution in [0.4, 0.5) is 5.69 Å². The Morgan fingerprint density at radius 2 is 2.42 bits per heavy atom. The van der Waals surface area contributed by atoms with Gasteiger partial charge in [-0.25, -0.2) is 0 Å². The lowest BCUT2D eigenvalue weighted by atomic mass is 10.3. The van der Waals surface area contributed by atoms with Crippen molar-refractivity contribution in [3.63, 3.8) is 0 Å². The predicted molar refractivity (Wildman–Crippen MR) is 40.8 cm³/mol. The van der Waals surface area contributed by atoms with E-state index in [1.807, 2.05) is 0 Å². The van der Waals surface area contributed by atoms with Crippen LogP contribution < -0.4 is 5.73 Å². The Morgan fingerprint density at radius 3 is 2.92 bits per heavy atom. The highest BCUT2D eigenvalue weighted by Gasteiger charge is 2.11. The lowest BCUT2D eigenvalue weighted by Gasteiger charge is -1.95. The molecule has 0 unspecified atom stereocenters. The fourth-order valence-electron chi connectivity index (χ4n) is 0.990. The standard InChI is InChI=1S/C5H7N7/c1-12-4(3(6)2-7-12)5-8-10-11-9-5/h2H,6H2,1H3,(H,8,9,10,11).